The van der Waals surface area contributed by atoms with E-state index in [4.69, 9.17) is 9.26 Å². The first-order valence-electron chi connectivity index (χ1n) is 10.0. The van der Waals surface area contributed by atoms with Crippen LogP contribution in [0.25, 0.3) is 0 Å². The standard InChI is InChI=1S/C24H24N4O3/c1-16-23(17(2)31-27-16)15-30-22-6-4-5-20(13-22)24(29)26-21-9-7-19(8-10-21)14-28-12-11-25-18(28)3/h4-13H,14-15H2,1-3H3,(H,26,29). The molecule has 31 heavy (non-hydrogen) atoms. The van der Waals surface area contributed by atoms with Crippen molar-refractivity contribution < 1.29 is 14.1 Å². The molecule has 4 rings (SSSR count). The topological polar surface area (TPSA) is 82.2 Å². The number of imidazole rings is 1. The Morgan fingerprint density at radius 3 is 2.61 bits per heavy atom. The van der Waals surface area contributed by atoms with E-state index in [1.54, 1.807) is 24.4 Å². The fourth-order valence-electron chi connectivity index (χ4n) is 3.25. The maximum Gasteiger partial charge on any atom is 0.255 e. The third kappa shape index (κ3) is 4.83. The molecule has 7 nitrogen and oxygen atoms in total. The van der Waals surface area contributed by atoms with Crippen LogP contribution in [0.1, 0.15) is 38.8 Å². The van der Waals surface area contributed by atoms with Gasteiger partial charge in [0.1, 0.15) is 23.9 Å². The van der Waals surface area contributed by atoms with Crippen LogP contribution in [0.2, 0.25) is 0 Å². The van der Waals surface area contributed by atoms with Gasteiger partial charge in [0.05, 0.1) is 11.3 Å². The van der Waals surface area contributed by atoms with E-state index in [0.29, 0.717) is 17.9 Å². The second-order valence-electron chi connectivity index (χ2n) is 7.37. The van der Waals surface area contributed by atoms with Crippen LogP contribution in [0.3, 0.4) is 0 Å². The molecule has 2 aromatic carbocycles. The molecule has 0 radical (unpaired) electrons. The zero-order valence-corrected chi connectivity index (χ0v) is 17.8. The molecule has 0 aliphatic rings. The van der Waals surface area contributed by atoms with E-state index in [9.17, 15) is 4.79 Å². The summed E-state index contributed by atoms with van der Waals surface area (Å²) in [5, 5.41) is 6.86. The van der Waals surface area contributed by atoms with E-state index in [1.807, 2.05) is 57.3 Å². The number of carbonyl (C=O) groups is 1. The van der Waals surface area contributed by atoms with Crippen molar-refractivity contribution in [1.29, 1.82) is 0 Å². The lowest BCUT2D eigenvalue weighted by molar-refractivity contribution is 0.102. The highest BCUT2D eigenvalue weighted by Crippen LogP contribution is 2.20. The third-order valence-corrected chi connectivity index (χ3v) is 5.15. The molecular formula is C24H24N4O3. The number of hydrogen-bond donors (Lipinski definition) is 1. The van der Waals surface area contributed by atoms with Crippen molar-refractivity contribution in [2.75, 3.05) is 5.32 Å². The Hall–Kier alpha value is -3.87. The van der Waals surface area contributed by atoms with Gasteiger partial charge in [0.2, 0.25) is 0 Å². The van der Waals surface area contributed by atoms with Crippen molar-refractivity contribution in [3.63, 3.8) is 0 Å². The van der Waals surface area contributed by atoms with Gasteiger partial charge in [0, 0.05) is 30.2 Å². The molecule has 2 heterocycles. The number of amides is 1. The fourth-order valence-corrected chi connectivity index (χ4v) is 3.25. The van der Waals surface area contributed by atoms with Crippen LogP contribution in [0, 0.1) is 20.8 Å². The average Bonchev–Trinajstić information content (AvgIpc) is 3.32. The fraction of sp³-hybridized carbons (Fsp3) is 0.208. The zero-order valence-electron chi connectivity index (χ0n) is 17.8. The molecule has 0 aliphatic heterocycles. The molecule has 0 unspecified atom stereocenters. The minimum absolute atomic E-state index is 0.194. The maximum absolute atomic E-state index is 12.7. The van der Waals surface area contributed by atoms with Crippen molar-refractivity contribution in [2.45, 2.75) is 33.9 Å². The lowest BCUT2D eigenvalue weighted by Gasteiger charge is -2.10. The number of nitrogens with zero attached hydrogens (tertiary/aromatic N) is 3. The average molecular weight is 416 g/mol. The van der Waals surface area contributed by atoms with Crippen LogP contribution in [0.15, 0.2) is 65.4 Å². The molecule has 0 spiro atoms. The molecule has 0 bridgehead atoms. The summed E-state index contributed by atoms with van der Waals surface area (Å²) < 4.78 is 13.1. The SMILES string of the molecule is Cc1noc(C)c1COc1cccc(C(=O)Nc2ccc(Cn3ccnc3C)cc2)c1. The highest BCUT2D eigenvalue weighted by molar-refractivity contribution is 6.04. The van der Waals surface area contributed by atoms with Crippen LogP contribution < -0.4 is 10.1 Å². The van der Waals surface area contributed by atoms with Gasteiger partial charge in [-0.15, -0.1) is 0 Å². The Balaban J connectivity index is 1.38. The first-order valence-corrected chi connectivity index (χ1v) is 10.0. The molecule has 0 atom stereocenters. The Kier molecular flexibility index (Phi) is 5.84. The third-order valence-electron chi connectivity index (χ3n) is 5.15. The first kappa shape index (κ1) is 20.4. The smallest absolute Gasteiger partial charge is 0.255 e. The first-order chi connectivity index (χ1) is 15.0. The largest absolute Gasteiger partial charge is 0.489 e. The molecular weight excluding hydrogens is 392 g/mol. The highest BCUT2D eigenvalue weighted by atomic mass is 16.5. The number of aromatic nitrogens is 3. The minimum atomic E-state index is -0.194. The van der Waals surface area contributed by atoms with E-state index in [2.05, 4.69) is 20.0 Å². The lowest BCUT2D eigenvalue weighted by Crippen LogP contribution is -2.12. The van der Waals surface area contributed by atoms with Crippen molar-refractivity contribution in [3.05, 3.63) is 94.9 Å². The van der Waals surface area contributed by atoms with Gasteiger partial charge in [-0.25, -0.2) is 4.98 Å². The van der Waals surface area contributed by atoms with Crippen molar-refractivity contribution in [1.82, 2.24) is 14.7 Å². The number of ether oxygens (including phenoxy) is 1. The molecule has 0 aliphatic carbocycles. The van der Waals surface area contributed by atoms with Crippen molar-refractivity contribution in [2.24, 2.45) is 0 Å². The van der Waals surface area contributed by atoms with Gasteiger partial charge < -0.3 is 19.1 Å². The van der Waals surface area contributed by atoms with Gasteiger partial charge in [-0.2, -0.15) is 0 Å². The predicted octanol–water partition coefficient (Wildman–Crippen LogP) is 4.68. The number of rotatable bonds is 7. The second-order valence-corrected chi connectivity index (χ2v) is 7.37. The number of carbonyl (C=O) groups excluding carboxylic acids is 1. The summed E-state index contributed by atoms with van der Waals surface area (Å²) in [5.74, 6) is 2.12. The predicted molar refractivity (Wildman–Crippen MR) is 117 cm³/mol. The van der Waals surface area contributed by atoms with Crippen LogP contribution in [0.4, 0.5) is 5.69 Å². The maximum atomic E-state index is 12.7. The molecule has 4 aromatic rings. The van der Waals surface area contributed by atoms with Crippen LogP contribution in [-0.2, 0) is 13.2 Å². The quantitative estimate of drug-likeness (QED) is 0.473. The van der Waals surface area contributed by atoms with Gasteiger partial charge >= 0.3 is 0 Å². The summed E-state index contributed by atoms with van der Waals surface area (Å²) in [6.45, 7) is 6.78. The van der Waals surface area contributed by atoms with Crippen molar-refractivity contribution >= 4 is 11.6 Å². The molecule has 1 N–H and O–H groups in total. The van der Waals surface area contributed by atoms with Gasteiger partial charge in [0.25, 0.3) is 5.91 Å². The number of hydrogen-bond acceptors (Lipinski definition) is 5. The summed E-state index contributed by atoms with van der Waals surface area (Å²) in [7, 11) is 0. The summed E-state index contributed by atoms with van der Waals surface area (Å²) in [4.78, 5) is 16.9. The van der Waals surface area contributed by atoms with Crippen LogP contribution >= 0.6 is 0 Å². The molecule has 2 aromatic heterocycles. The van der Waals surface area contributed by atoms with Crippen molar-refractivity contribution in [3.8, 4) is 5.75 Å². The van der Waals surface area contributed by atoms with E-state index in [0.717, 1.165) is 40.6 Å². The minimum Gasteiger partial charge on any atom is -0.489 e. The summed E-state index contributed by atoms with van der Waals surface area (Å²) in [6.07, 6.45) is 3.74. The Morgan fingerprint density at radius 2 is 1.94 bits per heavy atom. The normalized spacial score (nSPS) is 10.8. The van der Waals surface area contributed by atoms with Gasteiger partial charge in [-0.1, -0.05) is 23.4 Å². The molecule has 0 saturated carbocycles. The zero-order chi connectivity index (χ0) is 21.8. The Bertz CT molecular complexity index is 1170. The van der Waals surface area contributed by atoms with Gasteiger partial charge in [-0.3, -0.25) is 4.79 Å². The highest BCUT2D eigenvalue weighted by Gasteiger charge is 2.11. The number of benzene rings is 2. The van der Waals surface area contributed by atoms with Gasteiger partial charge in [0.15, 0.2) is 0 Å². The van der Waals surface area contributed by atoms with E-state index in [1.165, 1.54) is 0 Å². The summed E-state index contributed by atoms with van der Waals surface area (Å²) in [6, 6.07) is 14.9. The van der Waals surface area contributed by atoms with E-state index < -0.39 is 0 Å². The molecule has 0 saturated heterocycles. The molecule has 0 fully saturated rings. The van der Waals surface area contributed by atoms with E-state index in [-0.39, 0.29) is 5.91 Å². The van der Waals surface area contributed by atoms with Crippen LogP contribution in [0.5, 0.6) is 5.75 Å². The number of nitrogens with one attached hydrogen (secondary N) is 1. The monoisotopic (exact) mass is 416 g/mol. The van der Waals surface area contributed by atoms with Crippen LogP contribution in [-0.4, -0.2) is 20.6 Å². The van der Waals surface area contributed by atoms with E-state index >= 15 is 0 Å². The second kappa shape index (κ2) is 8.87. The lowest BCUT2D eigenvalue weighted by atomic mass is 10.1. The molecule has 7 heteroatoms. The molecule has 1 amide bonds. The summed E-state index contributed by atoms with van der Waals surface area (Å²) >= 11 is 0. The Morgan fingerprint density at radius 1 is 1.13 bits per heavy atom. The van der Waals surface area contributed by atoms with Gasteiger partial charge in [-0.05, 0) is 56.7 Å². The summed E-state index contributed by atoms with van der Waals surface area (Å²) in [5.41, 5.74) is 4.11. The molecule has 158 valence electrons. The Labute approximate surface area is 180 Å². The number of aryl methyl sites for hydroxylation is 3. The number of anilines is 1.